The molecule has 16 heavy (non-hydrogen) atoms. The van der Waals surface area contributed by atoms with E-state index >= 15 is 0 Å². The third kappa shape index (κ3) is 1.87. The van der Waals surface area contributed by atoms with Gasteiger partial charge in [0.1, 0.15) is 11.5 Å². The van der Waals surface area contributed by atoms with Crippen molar-refractivity contribution in [2.45, 2.75) is 25.4 Å². The van der Waals surface area contributed by atoms with Gasteiger partial charge in [-0.3, -0.25) is 0 Å². The Morgan fingerprint density at radius 2 is 1.62 bits per heavy atom. The second-order valence-corrected chi connectivity index (χ2v) is 4.65. The van der Waals surface area contributed by atoms with Gasteiger partial charge in [-0.1, -0.05) is 6.92 Å². The molecule has 0 spiro atoms. The van der Waals surface area contributed by atoms with E-state index in [9.17, 15) is 5.11 Å². The molecule has 0 unspecified atom stereocenters. The predicted molar refractivity (Wildman–Crippen MR) is 61.8 cm³/mol. The highest BCUT2D eigenvalue weighted by Gasteiger charge is 2.42. The molecule has 0 saturated heterocycles. The normalized spacial score (nSPS) is 28.4. The molecule has 0 heterocycles. The molecule has 1 aliphatic carbocycles. The summed E-state index contributed by atoms with van der Waals surface area (Å²) in [5, 5.41) is 10.4. The minimum Gasteiger partial charge on any atom is -0.497 e. The van der Waals surface area contributed by atoms with E-state index in [1.807, 2.05) is 18.2 Å². The molecular weight excluding hydrogens is 204 g/mol. The van der Waals surface area contributed by atoms with Gasteiger partial charge in [0.2, 0.25) is 0 Å². The van der Waals surface area contributed by atoms with Crippen molar-refractivity contribution >= 4 is 0 Å². The molecule has 1 aromatic rings. The van der Waals surface area contributed by atoms with Crippen LogP contribution >= 0.6 is 0 Å². The highest BCUT2D eigenvalue weighted by Crippen LogP contribution is 2.46. The Bertz CT molecular complexity index is 359. The highest BCUT2D eigenvalue weighted by atomic mass is 16.5. The van der Waals surface area contributed by atoms with Crippen molar-refractivity contribution in [1.29, 1.82) is 0 Å². The molecular formula is C13H18O3. The summed E-state index contributed by atoms with van der Waals surface area (Å²) < 4.78 is 10.4. The Kier molecular flexibility index (Phi) is 2.80. The van der Waals surface area contributed by atoms with E-state index < -0.39 is 5.60 Å². The van der Waals surface area contributed by atoms with Crippen LogP contribution in [-0.2, 0) is 5.60 Å². The van der Waals surface area contributed by atoms with Gasteiger partial charge >= 0.3 is 0 Å². The van der Waals surface area contributed by atoms with Gasteiger partial charge < -0.3 is 14.6 Å². The first-order valence-corrected chi connectivity index (χ1v) is 5.53. The van der Waals surface area contributed by atoms with Crippen LogP contribution in [-0.4, -0.2) is 19.3 Å². The maximum absolute atomic E-state index is 10.4. The highest BCUT2D eigenvalue weighted by molar-refractivity contribution is 5.41. The molecule has 3 nitrogen and oxygen atoms in total. The van der Waals surface area contributed by atoms with Crippen LogP contribution in [0, 0.1) is 5.92 Å². The van der Waals surface area contributed by atoms with Crippen LogP contribution in [0.1, 0.15) is 25.3 Å². The van der Waals surface area contributed by atoms with Crippen LogP contribution in [0.3, 0.4) is 0 Å². The third-order valence-corrected chi connectivity index (χ3v) is 3.26. The lowest BCUT2D eigenvalue weighted by Gasteiger charge is -2.42. The summed E-state index contributed by atoms with van der Waals surface area (Å²) in [5.74, 6) is 2.03. The molecule has 1 fully saturated rings. The van der Waals surface area contributed by atoms with Gasteiger partial charge in [0.05, 0.1) is 19.8 Å². The van der Waals surface area contributed by atoms with Gasteiger partial charge in [-0.2, -0.15) is 0 Å². The van der Waals surface area contributed by atoms with Crippen molar-refractivity contribution in [2.75, 3.05) is 14.2 Å². The Morgan fingerprint density at radius 3 is 2.00 bits per heavy atom. The molecule has 1 N–H and O–H groups in total. The third-order valence-electron chi connectivity index (χ3n) is 3.26. The Labute approximate surface area is 96.0 Å². The van der Waals surface area contributed by atoms with Gasteiger partial charge in [0.15, 0.2) is 0 Å². The van der Waals surface area contributed by atoms with Crippen LogP contribution in [0.2, 0.25) is 0 Å². The molecule has 1 aliphatic rings. The minimum atomic E-state index is -0.693. The van der Waals surface area contributed by atoms with Crippen LogP contribution in [0.4, 0.5) is 0 Å². The maximum Gasteiger partial charge on any atom is 0.122 e. The lowest BCUT2D eigenvalue weighted by Crippen LogP contribution is -2.39. The standard InChI is InChI=1S/C13H18O3/c1-9-7-13(14,8-9)10-4-11(15-2)6-12(5-10)16-3/h4-6,9,14H,7-8H2,1-3H3. The lowest BCUT2D eigenvalue weighted by molar-refractivity contribution is -0.0740. The SMILES string of the molecule is COc1cc(OC)cc(C2(O)CC(C)C2)c1. The molecule has 1 aromatic carbocycles. The Balaban J connectivity index is 2.33. The second kappa shape index (κ2) is 3.98. The molecule has 0 bridgehead atoms. The fraction of sp³-hybridized carbons (Fsp3) is 0.538. The first-order chi connectivity index (χ1) is 7.57. The second-order valence-electron chi connectivity index (χ2n) is 4.65. The van der Waals surface area contributed by atoms with Crippen LogP contribution in [0.5, 0.6) is 11.5 Å². The average molecular weight is 222 g/mol. The van der Waals surface area contributed by atoms with Crippen molar-refractivity contribution < 1.29 is 14.6 Å². The van der Waals surface area contributed by atoms with Crippen LogP contribution < -0.4 is 9.47 Å². The van der Waals surface area contributed by atoms with E-state index in [1.165, 1.54) is 0 Å². The van der Waals surface area contributed by atoms with Gasteiger partial charge in [0.25, 0.3) is 0 Å². The molecule has 0 aromatic heterocycles. The fourth-order valence-electron chi connectivity index (χ4n) is 2.40. The number of methoxy groups -OCH3 is 2. The summed E-state index contributed by atoms with van der Waals surface area (Å²) in [4.78, 5) is 0. The zero-order valence-corrected chi connectivity index (χ0v) is 9.99. The number of rotatable bonds is 3. The summed E-state index contributed by atoms with van der Waals surface area (Å²) in [6, 6.07) is 5.58. The monoisotopic (exact) mass is 222 g/mol. The first-order valence-electron chi connectivity index (χ1n) is 5.53. The molecule has 0 atom stereocenters. The van der Waals surface area contributed by atoms with Crippen molar-refractivity contribution in [2.24, 2.45) is 5.92 Å². The molecule has 1 saturated carbocycles. The molecule has 0 amide bonds. The van der Waals surface area contributed by atoms with E-state index in [-0.39, 0.29) is 0 Å². The van der Waals surface area contributed by atoms with Gasteiger partial charge in [-0.25, -0.2) is 0 Å². The minimum absolute atomic E-state index is 0.585. The number of aliphatic hydroxyl groups is 1. The number of ether oxygens (including phenoxy) is 2. The van der Waals surface area contributed by atoms with Crippen molar-refractivity contribution in [3.8, 4) is 11.5 Å². The van der Waals surface area contributed by atoms with E-state index in [0.29, 0.717) is 5.92 Å². The molecule has 88 valence electrons. The Morgan fingerprint density at radius 1 is 1.12 bits per heavy atom. The van der Waals surface area contributed by atoms with Crippen LogP contribution in [0.15, 0.2) is 18.2 Å². The van der Waals surface area contributed by atoms with Crippen LogP contribution in [0.25, 0.3) is 0 Å². The van der Waals surface area contributed by atoms with Crippen molar-refractivity contribution in [1.82, 2.24) is 0 Å². The summed E-state index contributed by atoms with van der Waals surface area (Å²) in [6.45, 7) is 2.14. The zero-order valence-electron chi connectivity index (χ0n) is 9.99. The largest absolute Gasteiger partial charge is 0.497 e. The Hall–Kier alpha value is -1.22. The molecule has 0 aliphatic heterocycles. The summed E-state index contributed by atoms with van der Waals surface area (Å²) in [6.07, 6.45) is 1.62. The molecule has 3 heteroatoms. The molecule has 0 radical (unpaired) electrons. The van der Waals surface area contributed by atoms with E-state index in [0.717, 1.165) is 29.9 Å². The number of hydrogen-bond donors (Lipinski definition) is 1. The summed E-state index contributed by atoms with van der Waals surface area (Å²) >= 11 is 0. The summed E-state index contributed by atoms with van der Waals surface area (Å²) in [7, 11) is 3.23. The smallest absolute Gasteiger partial charge is 0.122 e. The van der Waals surface area contributed by atoms with E-state index in [2.05, 4.69) is 6.92 Å². The van der Waals surface area contributed by atoms with E-state index in [4.69, 9.17) is 9.47 Å². The molecule has 2 rings (SSSR count). The lowest BCUT2D eigenvalue weighted by atomic mass is 9.68. The zero-order chi connectivity index (χ0) is 11.8. The average Bonchev–Trinajstić information content (AvgIpc) is 2.26. The van der Waals surface area contributed by atoms with Crippen molar-refractivity contribution in [3.63, 3.8) is 0 Å². The predicted octanol–water partition coefficient (Wildman–Crippen LogP) is 2.32. The van der Waals surface area contributed by atoms with E-state index in [1.54, 1.807) is 14.2 Å². The summed E-state index contributed by atoms with van der Waals surface area (Å²) in [5.41, 5.74) is 0.197. The maximum atomic E-state index is 10.4. The van der Waals surface area contributed by atoms with Crippen molar-refractivity contribution in [3.05, 3.63) is 23.8 Å². The number of benzene rings is 1. The van der Waals surface area contributed by atoms with Gasteiger partial charge in [-0.05, 0) is 36.5 Å². The van der Waals surface area contributed by atoms with Gasteiger partial charge in [-0.15, -0.1) is 0 Å². The topological polar surface area (TPSA) is 38.7 Å². The number of hydrogen-bond acceptors (Lipinski definition) is 3. The first kappa shape index (κ1) is 11.3. The van der Waals surface area contributed by atoms with Gasteiger partial charge in [0, 0.05) is 6.07 Å². The fourth-order valence-corrected chi connectivity index (χ4v) is 2.40. The quantitative estimate of drug-likeness (QED) is 0.853.